The summed E-state index contributed by atoms with van der Waals surface area (Å²) in [5, 5.41) is 3.13. The Morgan fingerprint density at radius 3 is 2.26 bits per heavy atom. The standard InChI is InChI=1S/C16H27FN2/c1-11(18-6)15-13(17)9-8-10-14(15)19(7)12(2)16(3,4)5/h8-12,18H,1-7H3. The molecule has 1 aromatic carbocycles. The average Bonchev–Trinajstić information content (AvgIpc) is 2.34. The number of hydrogen-bond acceptors (Lipinski definition) is 2. The SMILES string of the molecule is CNC(C)c1c(F)cccc1N(C)C(C)C(C)(C)C. The monoisotopic (exact) mass is 266 g/mol. The van der Waals surface area contributed by atoms with E-state index in [-0.39, 0.29) is 17.3 Å². The quantitative estimate of drug-likeness (QED) is 0.887. The van der Waals surface area contributed by atoms with Crippen LogP contribution in [-0.2, 0) is 0 Å². The van der Waals surface area contributed by atoms with Crippen molar-refractivity contribution in [2.45, 2.75) is 46.7 Å². The smallest absolute Gasteiger partial charge is 0.130 e. The molecule has 108 valence electrons. The van der Waals surface area contributed by atoms with Crippen molar-refractivity contribution >= 4 is 5.69 Å². The molecule has 19 heavy (non-hydrogen) atoms. The molecule has 0 aliphatic carbocycles. The zero-order chi connectivity index (χ0) is 14.8. The average molecular weight is 266 g/mol. The van der Waals surface area contributed by atoms with Crippen LogP contribution in [-0.4, -0.2) is 20.1 Å². The van der Waals surface area contributed by atoms with Crippen molar-refractivity contribution in [3.05, 3.63) is 29.6 Å². The van der Waals surface area contributed by atoms with Crippen LogP contribution in [0.25, 0.3) is 0 Å². The fraction of sp³-hybridized carbons (Fsp3) is 0.625. The molecular formula is C16H27FN2. The first kappa shape index (κ1) is 16.0. The van der Waals surface area contributed by atoms with E-state index in [1.54, 1.807) is 6.07 Å². The Morgan fingerprint density at radius 1 is 1.21 bits per heavy atom. The van der Waals surface area contributed by atoms with Gasteiger partial charge in [-0.3, -0.25) is 0 Å². The van der Waals surface area contributed by atoms with E-state index in [1.807, 2.05) is 27.1 Å². The van der Waals surface area contributed by atoms with Gasteiger partial charge in [0.15, 0.2) is 0 Å². The van der Waals surface area contributed by atoms with Crippen molar-refractivity contribution in [1.82, 2.24) is 5.32 Å². The predicted molar refractivity (Wildman–Crippen MR) is 81.2 cm³/mol. The molecule has 0 aliphatic rings. The Kier molecular flexibility index (Phi) is 4.97. The van der Waals surface area contributed by atoms with E-state index < -0.39 is 0 Å². The van der Waals surface area contributed by atoms with Gasteiger partial charge in [0.05, 0.1) is 0 Å². The van der Waals surface area contributed by atoms with E-state index in [4.69, 9.17) is 0 Å². The topological polar surface area (TPSA) is 15.3 Å². The normalized spacial score (nSPS) is 15.2. The van der Waals surface area contributed by atoms with E-state index in [1.165, 1.54) is 6.07 Å². The number of nitrogens with zero attached hydrogens (tertiary/aromatic N) is 1. The molecule has 1 aromatic rings. The summed E-state index contributed by atoms with van der Waals surface area (Å²) in [6, 6.07) is 5.61. The highest BCUT2D eigenvalue weighted by molar-refractivity contribution is 5.56. The maximum atomic E-state index is 14.1. The number of rotatable bonds is 4. The summed E-state index contributed by atoms with van der Waals surface area (Å²) >= 11 is 0. The fourth-order valence-corrected chi connectivity index (χ4v) is 2.20. The van der Waals surface area contributed by atoms with E-state index in [2.05, 4.69) is 37.9 Å². The maximum Gasteiger partial charge on any atom is 0.130 e. The molecule has 0 saturated carbocycles. The van der Waals surface area contributed by atoms with E-state index >= 15 is 0 Å². The molecule has 0 saturated heterocycles. The van der Waals surface area contributed by atoms with Crippen molar-refractivity contribution in [2.24, 2.45) is 5.41 Å². The van der Waals surface area contributed by atoms with Gasteiger partial charge in [-0.25, -0.2) is 4.39 Å². The first-order chi connectivity index (χ1) is 8.70. The van der Waals surface area contributed by atoms with Gasteiger partial charge in [-0.05, 0) is 38.4 Å². The Bertz CT molecular complexity index is 423. The molecule has 0 aliphatic heterocycles. The molecule has 2 nitrogen and oxygen atoms in total. The highest BCUT2D eigenvalue weighted by atomic mass is 19.1. The summed E-state index contributed by atoms with van der Waals surface area (Å²) in [5.74, 6) is -0.146. The third-order valence-corrected chi connectivity index (χ3v) is 4.11. The van der Waals surface area contributed by atoms with Gasteiger partial charge in [0.25, 0.3) is 0 Å². The number of halogens is 1. The van der Waals surface area contributed by atoms with E-state index in [0.717, 1.165) is 11.3 Å². The number of hydrogen-bond donors (Lipinski definition) is 1. The van der Waals surface area contributed by atoms with Crippen molar-refractivity contribution in [3.63, 3.8) is 0 Å². The zero-order valence-corrected chi connectivity index (χ0v) is 13.2. The summed E-state index contributed by atoms with van der Waals surface area (Å²) in [7, 11) is 3.89. The molecule has 0 fully saturated rings. The van der Waals surface area contributed by atoms with Crippen molar-refractivity contribution in [2.75, 3.05) is 19.0 Å². The van der Waals surface area contributed by atoms with Crippen molar-refractivity contribution < 1.29 is 4.39 Å². The largest absolute Gasteiger partial charge is 0.371 e. The number of nitrogens with one attached hydrogen (secondary N) is 1. The molecule has 1 N–H and O–H groups in total. The van der Waals surface area contributed by atoms with Gasteiger partial charge in [0.1, 0.15) is 5.82 Å². The van der Waals surface area contributed by atoms with Crippen LogP contribution in [0.5, 0.6) is 0 Å². The lowest BCUT2D eigenvalue weighted by Crippen LogP contribution is -2.40. The first-order valence-electron chi connectivity index (χ1n) is 6.88. The van der Waals surface area contributed by atoms with Crippen LogP contribution < -0.4 is 10.2 Å². The van der Waals surface area contributed by atoms with E-state index in [9.17, 15) is 4.39 Å². The van der Waals surface area contributed by atoms with Crippen LogP contribution in [0.2, 0.25) is 0 Å². The summed E-state index contributed by atoms with van der Waals surface area (Å²) < 4.78 is 14.1. The third-order valence-electron chi connectivity index (χ3n) is 4.11. The molecule has 3 heteroatoms. The van der Waals surface area contributed by atoms with Gasteiger partial charge in [0.2, 0.25) is 0 Å². The highest BCUT2D eigenvalue weighted by Crippen LogP contribution is 2.33. The summed E-state index contributed by atoms with van der Waals surface area (Å²) in [6.45, 7) is 10.8. The van der Waals surface area contributed by atoms with Gasteiger partial charge in [-0.15, -0.1) is 0 Å². The zero-order valence-electron chi connectivity index (χ0n) is 13.2. The first-order valence-corrected chi connectivity index (χ1v) is 6.88. The van der Waals surface area contributed by atoms with Crippen LogP contribution in [0, 0.1) is 11.2 Å². The lowest BCUT2D eigenvalue weighted by atomic mass is 9.86. The summed E-state index contributed by atoms with van der Waals surface area (Å²) in [4.78, 5) is 2.17. The van der Waals surface area contributed by atoms with Crippen LogP contribution in [0.15, 0.2) is 18.2 Å². The predicted octanol–water partition coefficient (Wildman–Crippen LogP) is 3.98. The van der Waals surface area contributed by atoms with Crippen molar-refractivity contribution in [3.8, 4) is 0 Å². The molecule has 0 heterocycles. The molecule has 0 bridgehead atoms. The second kappa shape index (κ2) is 5.91. The summed E-state index contributed by atoms with van der Waals surface area (Å²) in [6.07, 6.45) is 0. The molecule has 0 spiro atoms. The second-order valence-corrected chi connectivity index (χ2v) is 6.34. The van der Waals surface area contributed by atoms with Gasteiger partial charge in [-0.1, -0.05) is 26.8 Å². The third kappa shape index (κ3) is 3.47. The summed E-state index contributed by atoms with van der Waals surface area (Å²) in [5.41, 5.74) is 1.84. The number of anilines is 1. The fourth-order valence-electron chi connectivity index (χ4n) is 2.20. The van der Waals surface area contributed by atoms with Gasteiger partial charge in [0, 0.05) is 30.4 Å². The van der Waals surface area contributed by atoms with Gasteiger partial charge >= 0.3 is 0 Å². The van der Waals surface area contributed by atoms with Crippen LogP contribution in [0.1, 0.15) is 46.2 Å². The van der Waals surface area contributed by atoms with Crippen LogP contribution >= 0.6 is 0 Å². The van der Waals surface area contributed by atoms with Gasteiger partial charge in [-0.2, -0.15) is 0 Å². The Morgan fingerprint density at radius 2 is 1.79 bits per heavy atom. The second-order valence-electron chi connectivity index (χ2n) is 6.34. The Labute approximate surface area is 117 Å². The molecular weight excluding hydrogens is 239 g/mol. The molecule has 0 radical (unpaired) electrons. The molecule has 2 atom stereocenters. The van der Waals surface area contributed by atoms with Crippen LogP contribution in [0.4, 0.5) is 10.1 Å². The minimum Gasteiger partial charge on any atom is -0.371 e. The molecule has 0 amide bonds. The van der Waals surface area contributed by atoms with E-state index in [0.29, 0.717) is 6.04 Å². The van der Waals surface area contributed by atoms with Crippen LogP contribution in [0.3, 0.4) is 0 Å². The molecule has 0 aromatic heterocycles. The molecule has 1 rings (SSSR count). The minimum absolute atomic E-state index is 0.00850. The lowest BCUT2D eigenvalue weighted by molar-refractivity contribution is 0.329. The van der Waals surface area contributed by atoms with Crippen molar-refractivity contribution in [1.29, 1.82) is 0 Å². The molecule has 2 unspecified atom stereocenters. The Hall–Kier alpha value is -1.09. The van der Waals surface area contributed by atoms with Gasteiger partial charge < -0.3 is 10.2 Å². The Balaban J connectivity index is 3.23. The maximum absolute atomic E-state index is 14.1. The minimum atomic E-state index is -0.146. The highest BCUT2D eigenvalue weighted by Gasteiger charge is 2.27. The lowest BCUT2D eigenvalue weighted by Gasteiger charge is -2.38. The number of benzene rings is 1.